The normalized spacial score (nSPS) is 11.5. The highest BCUT2D eigenvalue weighted by Crippen LogP contribution is 2.20. The molecule has 134 valence electrons. The van der Waals surface area contributed by atoms with Gasteiger partial charge in [-0.25, -0.2) is 4.98 Å². The number of carbonyl (C=O) groups excluding carboxylic acids is 1. The highest BCUT2D eigenvalue weighted by atomic mass is 32.1. The number of thiazole rings is 1. The van der Waals surface area contributed by atoms with Crippen molar-refractivity contribution in [1.29, 1.82) is 0 Å². The second-order valence-electron chi connectivity index (χ2n) is 6.21. The molecule has 0 aliphatic heterocycles. The van der Waals surface area contributed by atoms with E-state index in [2.05, 4.69) is 29.2 Å². The standard InChI is InChI=1S/C20H20N2O3S/c1-4-19(23)25-17-10-21-15-9-13(5-7-14(15)20(17)24)6-8-18-22-16(11-26-18)12(2)3/h5-12H,4H2,1-3H3,(H,21,24)/b8-6+. The molecule has 0 saturated heterocycles. The quantitative estimate of drug-likeness (QED) is 0.668. The number of pyridine rings is 1. The van der Waals surface area contributed by atoms with Crippen LogP contribution in [-0.4, -0.2) is 15.9 Å². The van der Waals surface area contributed by atoms with Gasteiger partial charge in [0.15, 0.2) is 5.75 Å². The lowest BCUT2D eigenvalue weighted by molar-refractivity contribution is -0.134. The van der Waals surface area contributed by atoms with Gasteiger partial charge in [-0.15, -0.1) is 11.3 Å². The highest BCUT2D eigenvalue weighted by Gasteiger charge is 2.10. The minimum absolute atomic E-state index is 0.0247. The number of carbonyl (C=O) groups is 1. The van der Waals surface area contributed by atoms with E-state index in [1.807, 2.05) is 24.3 Å². The molecule has 1 N–H and O–H groups in total. The number of aromatic nitrogens is 2. The van der Waals surface area contributed by atoms with Crippen molar-refractivity contribution >= 4 is 40.4 Å². The molecule has 2 aromatic heterocycles. The SMILES string of the molecule is CCC(=O)Oc1c[nH]c2cc(/C=C/c3nc(C(C)C)cs3)ccc2c1=O. The Kier molecular flexibility index (Phi) is 5.32. The van der Waals surface area contributed by atoms with E-state index in [9.17, 15) is 9.59 Å². The first kappa shape index (κ1) is 18.1. The van der Waals surface area contributed by atoms with E-state index < -0.39 is 5.97 Å². The fourth-order valence-corrected chi connectivity index (χ4v) is 3.28. The van der Waals surface area contributed by atoms with Crippen LogP contribution in [0.25, 0.3) is 23.1 Å². The summed E-state index contributed by atoms with van der Waals surface area (Å²) < 4.78 is 5.06. The first-order chi connectivity index (χ1) is 12.5. The Morgan fingerprint density at radius 2 is 2.15 bits per heavy atom. The first-order valence-electron chi connectivity index (χ1n) is 8.47. The number of hydrogen-bond donors (Lipinski definition) is 1. The van der Waals surface area contributed by atoms with Gasteiger partial charge in [-0.3, -0.25) is 9.59 Å². The average Bonchev–Trinajstić information content (AvgIpc) is 3.11. The van der Waals surface area contributed by atoms with Crippen molar-refractivity contribution < 1.29 is 9.53 Å². The third kappa shape index (κ3) is 3.91. The van der Waals surface area contributed by atoms with E-state index in [1.54, 1.807) is 24.3 Å². The van der Waals surface area contributed by atoms with Crippen LogP contribution < -0.4 is 10.2 Å². The fourth-order valence-electron chi connectivity index (χ4n) is 2.41. The predicted octanol–water partition coefficient (Wildman–Crippen LogP) is 4.59. The summed E-state index contributed by atoms with van der Waals surface area (Å²) in [6.45, 7) is 5.92. The van der Waals surface area contributed by atoms with Crippen LogP contribution in [0.4, 0.5) is 0 Å². The minimum Gasteiger partial charge on any atom is -0.421 e. The van der Waals surface area contributed by atoms with Crippen LogP contribution in [0.15, 0.2) is 34.6 Å². The Balaban J connectivity index is 1.87. The van der Waals surface area contributed by atoms with Crippen LogP contribution in [0.1, 0.15) is 49.4 Å². The van der Waals surface area contributed by atoms with Gasteiger partial charge in [-0.1, -0.05) is 32.9 Å². The van der Waals surface area contributed by atoms with Crippen molar-refractivity contribution in [2.45, 2.75) is 33.1 Å². The molecular formula is C20H20N2O3S. The molecule has 5 nitrogen and oxygen atoms in total. The smallest absolute Gasteiger partial charge is 0.311 e. The summed E-state index contributed by atoms with van der Waals surface area (Å²) in [6.07, 6.45) is 5.58. The number of ether oxygens (including phenoxy) is 1. The third-order valence-electron chi connectivity index (χ3n) is 3.93. The molecular weight excluding hydrogens is 348 g/mol. The molecule has 0 bridgehead atoms. The van der Waals surface area contributed by atoms with Gasteiger partial charge in [0.2, 0.25) is 5.43 Å². The summed E-state index contributed by atoms with van der Waals surface area (Å²) in [7, 11) is 0. The molecule has 0 radical (unpaired) electrons. The number of H-pyrrole nitrogens is 1. The van der Waals surface area contributed by atoms with Crippen LogP contribution in [-0.2, 0) is 4.79 Å². The lowest BCUT2D eigenvalue weighted by Crippen LogP contribution is -2.14. The lowest BCUT2D eigenvalue weighted by atomic mass is 10.1. The van der Waals surface area contributed by atoms with Crippen molar-refractivity contribution in [3.63, 3.8) is 0 Å². The number of hydrogen-bond acceptors (Lipinski definition) is 5. The van der Waals surface area contributed by atoms with Crippen LogP contribution in [0.5, 0.6) is 5.75 Å². The molecule has 3 rings (SSSR count). The van der Waals surface area contributed by atoms with Crippen molar-refractivity contribution in [3.05, 3.63) is 56.3 Å². The molecule has 0 amide bonds. The summed E-state index contributed by atoms with van der Waals surface area (Å²) in [5, 5.41) is 3.51. The Morgan fingerprint density at radius 1 is 1.35 bits per heavy atom. The van der Waals surface area contributed by atoms with Crippen LogP contribution >= 0.6 is 11.3 Å². The second-order valence-corrected chi connectivity index (χ2v) is 7.10. The predicted molar refractivity (Wildman–Crippen MR) is 106 cm³/mol. The van der Waals surface area contributed by atoms with Crippen LogP contribution in [0, 0.1) is 0 Å². The van der Waals surface area contributed by atoms with Crippen molar-refractivity contribution in [1.82, 2.24) is 9.97 Å². The summed E-state index contributed by atoms with van der Waals surface area (Å²) in [4.78, 5) is 31.4. The van der Waals surface area contributed by atoms with E-state index in [-0.39, 0.29) is 17.6 Å². The molecule has 0 spiro atoms. The van der Waals surface area contributed by atoms with Crippen molar-refractivity contribution in [3.8, 4) is 5.75 Å². The largest absolute Gasteiger partial charge is 0.421 e. The maximum absolute atomic E-state index is 12.4. The Labute approximate surface area is 155 Å². The van der Waals surface area contributed by atoms with Crippen molar-refractivity contribution in [2.75, 3.05) is 0 Å². The molecule has 0 atom stereocenters. The maximum atomic E-state index is 12.4. The van der Waals surface area contributed by atoms with Crippen LogP contribution in [0.2, 0.25) is 0 Å². The van der Waals surface area contributed by atoms with E-state index >= 15 is 0 Å². The van der Waals surface area contributed by atoms with Gasteiger partial charge < -0.3 is 9.72 Å². The molecule has 0 unspecified atom stereocenters. The average molecular weight is 368 g/mol. The zero-order valence-electron chi connectivity index (χ0n) is 14.9. The van der Waals surface area contributed by atoms with E-state index in [0.717, 1.165) is 16.3 Å². The molecule has 0 fully saturated rings. The van der Waals surface area contributed by atoms with Gasteiger partial charge >= 0.3 is 5.97 Å². The number of nitrogens with one attached hydrogen (secondary N) is 1. The zero-order chi connectivity index (χ0) is 18.7. The maximum Gasteiger partial charge on any atom is 0.311 e. The summed E-state index contributed by atoms with van der Waals surface area (Å²) >= 11 is 1.61. The number of fused-ring (bicyclic) bond motifs is 1. The second kappa shape index (κ2) is 7.66. The molecule has 0 saturated carbocycles. The lowest BCUT2D eigenvalue weighted by Gasteiger charge is -2.04. The number of esters is 1. The summed E-state index contributed by atoms with van der Waals surface area (Å²) in [6, 6.07) is 5.48. The van der Waals surface area contributed by atoms with E-state index in [1.165, 1.54) is 6.20 Å². The molecule has 3 aromatic rings. The Morgan fingerprint density at radius 3 is 2.85 bits per heavy atom. The van der Waals surface area contributed by atoms with Gasteiger partial charge in [-0.05, 0) is 29.7 Å². The monoisotopic (exact) mass is 368 g/mol. The third-order valence-corrected chi connectivity index (χ3v) is 4.76. The summed E-state index contributed by atoms with van der Waals surface area (Å²) in [5.74, 6) is 0.00501. The van der Waals surface area contributed by atoms with Gasteiger partial charge in [0.25, 0.3) is 0 Å². The van der Waals surface area contributed by atoms with E-state index in [4.69, 9.17) is 4.74 Å². The van der Waals surface area contributed by atoms with Gasteiger partial charge in [0.1, 0.15) is 5.01 Å². The van der Waals surface area contributed by atoms with Gasteiger partial charge in [0, 0.05) is 23.4 Å². The number of rotatable bonds is 5. The number of benzene rings is 1. The molecule has 6 heteroatoms. The Bertz CT molecular complexity index is 1030. The molecule has 26 heavy (non-hydrogen) atoms. The van der Waals surface area contributed by atoms with Gasteiger partial charge in [0.05, 0.1) is 11.2 Å². The zero-order valence-corrected chi connectivity index (χ0v) is 15.7. The molecule has 1 aromatic carbocycles. The molecule has 0 aliphatic carbocycles. The Hall–Kier alpha value is -2.73. The minimum atomic E-state index is -0.432. The molecule has 0 aliphatic rings. The molecule has 2 heterocycles. The van der Waals surface area contributed by atoms with E-state index in [0.29, 0.717) is 16.8 Å². The van der Waals surface area contributed by atoms with Gasteiger partial charge in [-0.2, -0.15) is 0 Å². The number of aromatic amines is 1. The topological polar surface area (TPSA) is 72.1 Å². The summed E-state index contributed by atoms with van der Waals surface area (Å²) in [5.41, 5.74) is 2.44. The van der Waals surface area contributed by atoms with Crippen LogP contribution in [0.3, 0.4) is 0 Å². The number of nitrogens with zero attached hydrogens (tertiary/aromatic N) is 1. The van der Waals surface area contributed by atoms with Crippen molar-refractivity contribution in [2.24, 2.45) is 0 Å². The fraction of sp³-hybridized carbons (Fsp3) is 0.250. The highest BCUT2D eigenvalue weighted by molar-refractivity contribution is 7.10. The first-order valence-corrected chi connectivity index (χ1v) is 9.35.